The molecule has 2 heterocycles. The van der Waals surface area contributed by atoms with E-state index in [-0.39, 0.29) is 5.91 Å². The summed E-state index contributed by atoms with van der Waals surface area (Å²) in [5.41, 5.74) is 5.05. The predicted octanol–water partition coefficient (Wildman–Crippen LogP) is 4.05. The van der Waals surface area contributed by atoms with Crippen molar-refractivity contribution < 1.29 is 4.79 Å². The lowest BCUT2D eigenvalue weighted by Gasteiger charge is -2.09. The first-order valence-corrected chi connectivity index (χ1v) is 9.02. The highest BCUT2D eigenvalue weighted by Crippen LogP contribution is 2.26. The maximum absolute atomic E-state index is 12.6. The molecule has 0 unspecified atom stereocenters. The first-order valence-electron chi connectivity index (χ1n) is 8.20. The third-order valence-corrected chi connectivity index (χ3v) is 5.38. The minimum absolute atomic E-state index is 0.296. The van der Waals surface area contributed by atoms with E-state index >= 15 is 0 Å². The van der Waals surface area contributed by atoms with Crippen LogP contribution in [0, 0.1) is 20.8 Å². The van der Waals surface area contributed by atoms with Gasteiger partial charge in [0.2, 0.25) is 0 Å². The monoisotopic (exact) mass is 363 g/mol. The number of amides is 1. The van der Waals surface area contributed by atoms with E-state index in [1.54, 1.807) is 4.68 Å². The zero-order chi connectivity index (χ0) is 18.3. The number of nitrogens with zero attached hydrogens (tertiary/aromatic N) is 4. The van der Waals surface area contributed by atoms with Gasteiger partial charge in [-0.15, -0.1) is 5.10 Å². The van der Waals surface area contributed by atoms with Gasteiger partial charge in [0.25, 0.3) is 5.91 Å². The van der Waals surface area contributed by atoms with Crippen LogP contribution in [-0.2, 0) is 0 Å². The summed E-state index contributed by atoms with van der Waals surface area (Å²) in [6.07, 6.45) is 0. The Morgan fingerprint density at radius 3 is 2.69 bits per heavy atom. The number of thiazole rings is 1. The average molecular weight is 363 g/mol. The molecule has 0 atom stereocenters. The Bertz CT molecular complexity index is 1100. The second-order valence-electron chi connectivity index (χ2n) is 6.10. The van der Waals surface area contributed by atoms with E-state index < -0.39 is 0 Å². The van der Waals surface area contributed by atoms with Gasteiger partial charge in [-0.3, -0.25) is 10.1 Å². The molecule has 4 rings (SSSR count). The second kappa shape index (κ2) is 6.34. The third-order valence-electron chi connectivity index (χ3n) is 4.43. The first kappa shape index (κ1) is 16.4. The molecule has 7 heteroatoms. The fourth-order valence-electron chi connectivity index (χ4n) is 2.81. The molecule has 26 heavy (non-hydrogen) atoms. The highest BCUT2D eigenvalue weighted by molar-refractivity contribution is 7.22. The maximum atomic E-state index is 12.6. The molecule has 0 saturated heterocycles. The van der Waals surface area contributed by atoms with E-state index in [4.69, 9.17) is 0 Å². The number of carbonyl (C=O) groups excluding carboxylic acids is 1. The molecule has 6 nitrogen and oxygen atoms in total. The molecule has 2 aromatic carbocycles. The number of hydrogen-bond donors (Lipinski definition) is 1. The normalized spacial score (nSPS) is 11.0. The van der Waals surface area contributed by atoms with Crippen molar-refractivity contribution >= 4 is 32.6 Å². The van der Waals surface area contributed by atoms with Crippen molar-refractivity contribution in [2.75, 3.05) is 5.32 Å². The van der Waals surface area contributed by atoms with Crippen LogP contribution in [0.1, 0.15) is 27.3 Å². The van der Waals surface area contributed by atoms with Crippen molar-refractivity contribution in [1.82, 2.24) is 20.0 Å². The Labute approximate surface area is 154 Å². The van der Waals surface area contributed by atoms with Gasteiger partial charge in [0, 0.05) is 0 Å². The van der Waals surface area contributed by atoms with Crippen LogP contribution in [0.4, 0.5) is 5.13 Å². The highest BCUT2D eigenvalue weighted by atomic mass is 32.1. The molecule has 0 aliphatic rings. The molecule has 130 valence electrons. The Hall–Kier alpha value is -3.06. The van der Waals surface area contributed by atoms with Gasteiger partial charge in [-0.05, 0) is 50.1 Å². The summed E-state index contributed by atoms with van der Waals surface area (Å²) in [6, 6.07) is 13.8. The molecule has 0 aliphatic carbocycles. The molecular formula is C19H17N5OS. The van der Waals surface area contributed by atoms with Crippen molar-refractivity contribution in [3.05, 3.63) is 65.0 Å². The van der Waals surface area contributed by atoms with Crippen LogP contribution in [0.5, 0.6) is 0 Å². The standard InChI is InChI=1S/C19H17N5OS/c1-11-7-6-9-15(12(11)2)24-13(3)17(22-23-24)18(25)21-19-20-14-8-4-5-10-16(14)26-19/h4-10H,1-3H3,(H,20,21,25). The van der Waals surface area contributed by atoms with Crippen LogP contribution < -0.4 is 5.32 Å². The van der Waals surface area contributed by atoms with E-state index in [0.29, 0.717) is 16.5 Å². The summed E-state index contributed by atoms with van der Waals surface area (Å²) in [5, 5.41) is 11.7. The van der Waals surface area contributed by atoms with E-state index in [9.17, 15) is 4.79 Å². The van der Waals surface area contributed by atoms with Gasteiger partial charge in [0.1, 0.15) is 0 Å². The Balaban J connectivity index is 1.65. The Morgan fingerprint density at radius 1 is 1.08 bits per heavy atom. The number of para-hydroxylation sites is 1. The second-order valence-corrected chi connectivity index (χ2v) is 7.13. The fourth-order valence-corrected chi connectivity index (χ4v) is 3.68. The molecule has 1 N–H and O–H groups in total. The van der Waals surface area contributed by atoms with Crippen LogP contribution in [0.2, 0.25) is 0 Å². The predicted molar refractivity (Wildman–Crippen MR) is 103 cm³/mol. The summed E-state index contributed by atoms with van der Waals surface area (Å²) in [7, 11) is 0. The maximum Gasteiger partial charge on any atom is 0.279 e. The molecule has 0 aliphatic heterocycles. The lowest BCUT2D eigenvalue weighted by Crippen LogP contribution is -2.14. The molecule has 0 radical (unpaired) electrons. The number of nitrogens with one attached hydrogen (secondary N) is 1. The summed E-state index contributed by atoms with van der Waals surface area (Å²) in [4.78, 5) is 17.1. The van der Waals surface area contributed by atoms with Gasteiger partial charge in [-0.25, -0.2) is 9.67 Å². The van der Waals surface area contributed by atoms with Crippen molar-refractivity contribution in [2.24, 2.45) is 0 Å². The number of aromatic nitrogens is 4. The smallest absolute Gasteiger partial charge is 0.279 e. The third kappa shape index (κ3) is 2.76. The van der Waals surface area contributed by atoms with E-state index in [2.05, 4.69) is 20.6 Å². The van der Waals surface area contributed by atoms with Gasteiger partial charge in [-0.1, -0.05) is 40.8 Å². The van der Waals surface area contributed by atoms with Crippen LogP contribution in [0.25, 0.3) is 15.9 Å². The lowest BCUT2D eigenvalue weighted by molar-refractivity contribution is 0.102. The van der Waals surface area contributed by atoms with E-state index in [1.165, 1.54) is 11.3 Å². The van der Waals surface area contributed by atoms with Gasteiger partial charge in [-0.2, -0.15) is 0 Å². The van der Waals surface area contributed by atoms with Crippen LogP contribution in [0.3, 0.4) is 0 Å². The van der Waals surface area contributed by atoms with Gasteiger partial charge < -0.3 is 0 Å². The number of fused-ring (bicyclic) bond motifs is 1. The molecule has 0 fully saturated rings. The Kier molecular flexibility index (Phi) is 4.00. The molecular weight excluding hydrogens is 346 g/mol. The SMILES string of the molecule is Cc1cccc(-n2nnc(C(=O)Nc3nc4ccccc4s3)c2C)c1C. The number of anilines is 1. The molecule has 1 amide bonds. The quantitative estimate of drug-likeness (QED) is 0.596. The topological polar surface area (TPSA) is 72.7 Å². The van der Waals surface area contributed by atoms with Gasteiger partial charge in [0.05, 0.1) is 21.6 Å². The Morgan fingerprint density at radius 2 is 1.88 bits per heavy atom. The number of carbonyl (C=O) groups is 1. The average Bonchev–Trinajstić information content (AvgIpc) is 3.20. The molecule has 2 aromatic heterocycles. The van der Waals surface area contributed by atoms with Crippen LogP contribution >= 0.6 is 11.3 Å². The summed E-state index contributed by atoms with van der Waals surface area (Å²) < 4.78 is 2.73. The minimum atomic E-state index is -0.307. The van der Waals surface area contributed by atoms with Crippen molar-refractivity contribution in [2.45, 2.75) is 20.8 Å². The first-order chi connectivity index (χ1) is 12.5. The molecule has 4 aromatic rings. The zero-order valence-electron chi connectivity index (χ0n) is 14.6. The van der Waals surface area contributed by atoms with Crippen LogP contribution in [0.15, 0.2) is 42.5 Å². The lowest BCUT2D eigenvalue weighted by atomic mass is 10.1. The number of hydrogen-bond acceptors (Lipinski definition) is 5. The number of rotatable bonds is 3. The van der Waals surface area contributed by atoms with Crippen molar-refractivity contribution in [3.63, 3.8) is 0 Å². The molecule has 0 saturated carbocycles. The van der Waals surface area contributed by atoms with Gasteiger partial charge in [0.15, 0.2) is 10.8 Å². The summed E-state index contributed by atoms with van der Waals surface area (Å²) in [6.45, 7) is 5.92. The minimum Gasteiger partial charge on any atom is -0.296 e. The molecule has 0 bridgehead atoms. The summed E-state index contributed by atoms with van der Waals surface area (Å²) >= 11 is 1.44. The van der Waals surface area contributed by atoms with Gasteiger partial charge >= 0.3 is 0 Å². The largest absolute Gasteiger partial charge is 0.296 e. The number of benzene rings is 2. The van der Waals surface area contributed by atoms with Crippen LogP contribution in [-0.4, -0.2) is 25.9 Å². The number of aryl methyl sites for hydroxylation is 1. The van der Waals surface area contributed by atoms with E-state index in [0.717, 1.165) is 27.0 Å². The highest BCUT2D eigenvalue weighted by Gasteiger charge is 2.19. The summed E-state index contributed by atoms with van der Waals surface area (Å²) in [5.74, 6) is -0.307. The fraction of sp³-hybridized carbons (Fsp3) is 0.158. The zero-order valence-corrected chi connectivity index (χ0v) is 15.5. The van der Waals surface area contributed by atoms with Crippen molar-refractivity contribution in [3.8, 4) is 5.69 Å². The van der Waals surface area contributed by atoms with E-state index in [1.807, 2.05) is 63.2 Å². The van der Waals surface area contributed by atoms with Crippen molar-refractivity contribution in [1.29, 1.82) is 0 Å². The molecule has 0 spiro atoms.